The van der Waals surface area contributed by atoms with Gasteiger partial charge in [0.2, 0.25) is 0 Å². The number of hydrogen-bond acceptors (Lipinski definition) is 12. The van der Waals surface area contributed by atoms with E-state index in [4.69, 9.17) is 18.9 Å². The Morgan fingerprint density at radius 3 is 2.31 bits per heavy atom. The largest absolute Gasteiger partial charge is 0.388 e. The van der Waals surface area contributed by atoms with Crippen LogP contribution in [0.15, 0.2) is 12.2 Å². The van der Waals surface area contributed by atoms with Crippen molar-refractivity contribution in [1.82, 2.24) is 0 Å². The molecule has 0 aromatic heterocycles. The Morgan fingerprint density at radius 2 is 1.67 bits per heavy atom. The Morgan fingerprint density at radius 1 is 1.03 bits per heavy atom. The molecule has 0 aromatic carbocycles. The van der Waals surface area contributed by atoms with Crippen LogP contribution in [0.5, 0.6) is 0 Å². The third kappa shape index (κ3) is 6.00. The first-order chi connectivity index (χ1) is 16.7. The van der Waals surface area contributed by atoms with Gasteiger partial charge in [-0.2, -0.15) is 0 Å². The Kier molecular flexibility index (Phi) is 9.33. The zero-order chi connectivity index (χ0) is 27.0. The van der Waals surface area contributed by atoms with E-state index in [1.807, 2.05) is 13.8 Å². The number of carbonyl (C=O) groups is 1. The van der Waals surface area contributed by atoms with E-state index in [9.17, 15) is 40.5 Å². The van der Waals surface area contributed by atoms with Gasteiger partial charge in [-0.25, -0.2) is 0 Å². The van der Waals surface area contributed by atoms with E-state index in [-0.39, 0.29) is 37.8 Å². The van der Waals surface area contributed by atoms with Gasteiger partial charge < -0.3 is 54.7 Å². The predicted molar refractivity (Wildman–Crippen MR) is 122 cm³/mol. The summed E-state index contributed by atoms with van der Waals surface area (Å²) >= 11 is 0. The molecule has 0 spiro atoms. The van der Waals surface area contributed by atoms with Crippen LogP contribution < -0.4 is 0 Å². The van der Waals surface area contributed by atoms with Crippen molar-refractivity contribution in [2.24, 2.45) is 11.3 Å². The predicted octanol–water partition coefficient (Wildman–Crippen LogP) is -2.03. The molecule has 0 aromatic rings. The van der Waals surface area contributed by atoms with Gasteiger partial charge in [-0.15, -0.1) is 0 Å². The van der Waals surface area contributed by atoms with Gasteiger partial charge in [-0.05, 0) is 12.8 Å². The molecule has 2 aliphatic heterocycles. The molecular formula is C24H40O12. The highest BCUT2D eigenvalue weighted by Gasteiger charge is 2.51. The molecular weight excluding hydrogens is 480 g/mol. The quantitative estimate of drug-likeness (QED) is 0.182. The van der Waals surface area contributed by atoms with Gasteiger partial charge in [0.25, 0.3) is 0 Å². The minimum atomic E-state index is -1.63. The minimum Gasteiger partial charge on any atom is -0.388 e. The number of ether oxygens (including phenoxy) is 4. The Labute approximate surface area is 210 Å². The topological polar surface area (TPSA) is 196 Å². The van der Waals surface area contributed by atoms with Crippen LogP contribution in [0.2, 0.25) is 0 Å². The molecule has 12 unspecified atom stereocenters. The minimum absolute atomic E-state index is 0.0891. The maximum Gasteiger partial charge on any atom is 0.187 e. The fourth-order valence-corrected chi connectivity index (χ4v) is 5.08. The summed E-state index contributed by atoms with van der Waals surface area (Å²) in [4.78, 5) is 12.0. The monoisotopic (exact) mass is 520 g/mol. The SMILES string of the molecule is CC(C=CC1(O)C(C)CC(=O)CC1(C)C)OC1OC(COC2OCC(O)C(O)C2O)C(O)C(O)C1O. The highest BCUT2D eigenvalue weighted by atomic mass is 16.7. The molecule has 3 aliphatic rings. The molecule has 1 aliphatic carbocycles. The molecule has 0 radical (unpaired) electrons. The standard InChI is InChI=1S/C24H40O12/c1-11-7-13(25)8-23(3,4)24(11,32)6-5-12(2)35-22-20(31)18(29)17(28)15(36-22)10-34-21-19(30)16(27)14(26)9-33-21/h5-6,11-12,14-22,26-32H,7-10H2,1-4H3. The molecule has 2 saturated heterocycles. The molecule has 1 saturated carbocycles. The first-order valence-electron chi connectivity index (χ1n) is 12.2. The van der Waals surface area contributed by atoms with Crippen LogP contribution >= 0.6 is 0 Å². The van der Waals surface area contributed by atoms with Gasteiger partial charge in [0.05, 0.1) is 24.9 Å². The van der Waals surface area contributed by atoms with Gasteiger partial charge in [0, 0.05) is 18.3 Å². The van der Waals surface area contributed by atoms with Crippen LogP contribution in [0.3, 0.4) is 0 Å². The second-order valence-electron chi connectivity index (χ2n) is 10.8. The van der Waals surface area contributed by atoms with Gasteiger partial charge in [0.15, 0.2) is 12.6 Å². The summed E-state index contributed by atoms with van der Waals surface area (Å²) in [5.74, 6) is -0.226. The molecule has 0 bridgehead atoms. The summed E-state index contributed by atoms with van der Waals surface area (Å²) in [6.45, 7) is 6.42. The Hall–Kier alpha value is -1.03. The van der Waals surface area contributed by atoms with Crippen molar-refractivity contribution in [3.05, 3.63) is 12.2 Å². The van der Waals surface area contributed by atoms with Crippen LogP contribution in [-0.2, 0) is 23.7 Å². The van der Waals surface area contributed by atoms with Crippen molar-refractivity contribution >= 4 is 5.78 Å². The average Bonchev–Trinajstić information content (AvgIpc) is 2.80. The van der Waals surface area contributed by atoms with E-state index in [1.54, 1.807) is 26.0 Å². The highest BCUT2D eigenvalue weighted by molar-refractivity contribution is 5.81. The molecule has 0 amide bonds. The van der Waals surface area contributed by atoms with Crippen molar-refractivity contribution in [2.45, 2.75) is 108 Å². The first kappa shape index (κ1) is 29.5. The third-order valence-corrected chi connectivity index (χ3v) is 7.53. The zero-order valence-corrected chi connectivity index (χ0v) is 21.0. The van der Waals surface area contributed by atoms with Crippen molar-refractivity contribution in [2.75, 3.05) is 13.2 Å². The molecule has 3 rings (SSSR count). The van der Waals surface area contributed by atoms with Crippen molar-refractivity contribution in [3.8, 4) is 0 Å². The molecule has 36 heavy (non-hydrogen) atoms. The number of carbonyl (C=O) groups excluding carboxylic acids is 1. The van der Waals surface area contributed by atoms with Gasteiger partial charge in [0.1, 0.15) is 48.5 Å². The second-order valence-corrected chi connectivity index (χ2v) is 10.8. The first-order valence-corrected chi connectivity index (χ1v) is 12.2. The maximum absolute atomic E-state index is 12.0. The van der Waals surface area contributed by atoms with E-state index in [2.05, 4.69) is 0 Å². The maximum atomic E-state index is 12.0. The van der Waals surface area contributed by atoms with Gasteiger partial charge in [-0.3, -0.25) is 4.79 Å². The summed E-state index contributed by atoms with van der Waals surface area (Å²) in [5, 5.41) is 71.7. The Bertz CT molecular complexity index is 789. The van der Waals surface area contributed by atoms with E-state index >= 15 is 0 Å². The lowest BCUT2D eigenvalue weighted by Gasteiger charge is -2.48. The lowest BCUT2D eigenvalue weighted by Crippen LogP contribution is -2.60. The number of aliphatic hydroxyl groups is 7. The lowest BCUT2D eigenvalue weighted by molar-refractivity contribution is -0.324. The van der Waals surface area contributed by atoms with Crippen molar-refractivity contribution in [1.29, 1.82) is 0 Å². The number of rotatable bonds is 7. The van der Waals surface area contributed by atoms with Crippen LogP contribution in [0.25, 0.3) is 0 Å². The van der Waals surface area contributed by atoms with Crippen molar-refractivity contribution < 1.29 is 59.5 Å². The van der Waals surface area contributed by atoms with E-state index in [0.717, 1.165) is 0 Å². The van der Waals surface area contributed by atoms with Crippen LogP contribution in [0.1, 0.15) is 40.5 Å². The van der Waals surface area contributed by atoms with Gasteiger partial charge in [-0.1, -0.05) is 32.9 Å². The molecule has 7 N–H and O–H groups in total. The number of ketones is 1. The highest BCUT2D eigenvalue weighted by Crippen LogP contribution is 2.46. The Balaban J connectivity index is 1.62. The summed E-state index contributed by atoms with van der Waals surface area (Å²) in [6.07, 6.45) is -9.96. The summed E-state index contributed by atoms with van der Waals surface area (Å²) < 4.78 is 21.9. The van der Waals surface area contributed by atoms with Crippen LogP contribution in [0, 0.1) is 11.3 Å². The summed E-state index contributed by atoms with van der Waals surface area (Å²) in [7, 11) is 0. The number of hydrogen-bond donors (Lipinski definition) is 7. The smallest absolute Gasteiger partial charge is 0.187 e. The lowest BCUT2D eigenvalue weighted by atomic mass is 9.60. The average molecular weight is 521 g/mol. The fraction of sp³-hybridized carbons (Fsp3) is 0.875. The van der Waals surface area contributed by atoms with E-state index in [0.29, 0.717) is 0 Å². The molecule has 2 heterocycles. The number of aliphatic hydroxyl groups excluding tert-OH is 6. The van der Waals surface area contributed by atoms with Crippen molar-refractivity contribution in [3.63, 3.8) is 0 Å². The molecule has 3 fully saturated rings. The number of Topliss-reactive ketones (excluding diaryl/α,β-unsaturated/α-hetero) is 1. The molecule has 208 valence electrons. The third-order valence-electron chi connectivity index (χ3n) is 7.53. The molecule has 12 heteroatoms. The normalized spacial score (nSPS) is 46.7. The van der Waals surface area contributed by atoms with E-state index < -0.39 is 72.4 Å². The summed E-state index contributed by atoms with van der Waals surface area (Å²) in [5.41, 5.74) is -1.97. The van der Waals surface area contributed by atoms with Crippen LogP contribution in [0.4, 0.5) is 0 Å². The molecule has 12 atom stereocenters. The zero-order valence-electron chi connectivity index (χ0n) is 21.0. The van der Waals surface area contributed by atoms with Crippen LogP contribution in [-0.4, -0.2) is 122 Å². The fourth-order valence-electron chi connectivity index (χ4n) is 5.08. The van der Waals surface area contributed by atoms with Gasteiger partial charge >= 0.3 is 0 Å². The summed E-state index contributed by atoms with van der Waals surface area (Å²) in [6, 6.07) is 0. The second kappa shape index (κ2) is 11.4. The molecule has 12 nitrogen and oxygen atoms in total. The van der Waals surface area contributed by atoms with E-state index in [1.165, 1.54) is 0 Å².